The first kappa shape index (κ1) is 38.9. The lowest BCUT2D eigenvalue weighted by atomic mass is 9.59. The molecule has 4 saturated carbocycles. The number of allylic oxidation sites excluding steroid dienone is 3. The normalized spacial score (nSPS) is 36.2. The third kappa shape index (κ3) is 7.70. The van der Waals surface area contributed by atoms with E-state index in [4.69, 9.17) is 11.5 Å². The van der Waals surface area contributed by atoms with Gasteiger partial charge < -0.3 is 16.0 Å². The van der Waals surface area contributed by atoms with Crippen molar-refractivity contribution in [1.29, 1.82) is 5.26 Å². The molecular weight excluding hydrogens is 683 g/mol. The van der Waals surface area contributed by atoms with Gasteiger partial charge in [-0.25, -0.2) is 0 Å². The van der Waals surface area contributed by atoms with Gasteiger partial charge in [0.1, 0.15) is 6.17 Å². The highest BCUT2D eigenvalue weighted by atomic mass is 15.3. The Morgan fingerprint density at radius 2 is 1.48 bits per heavy atom. The Balaban J connectivity index is 1.08. The summed E-state index contributed by atoms with van der Waals surface area (Å²) < 4.78 is 2.78. The van der Waals surface area contributed by atoms with Crippen LogP contribution in [0.2, 0.25) is 0 Å². The van der Waals surface area contributed by atoms with Crippen molar-refractivity contribution >= 4 is 12.3 Å². The minimum Gasteiger partial charge on any atom is -0.405 e. The molecule has 1 aliphatic heterocycles. The molecule has 56 heavy (non-hydrogen) atoms. The van der Waals surface area contributed by atoms with E-state index in [9.17, 15) is 5.26 Å². The zero-order valence-electron chi connectivity index (χ0n) is 35.1. The molecule has 8 atom stereocenters. The SMILES string of the molecule is N#CC1CCC(C2=C(C3CCCCC3C3CCCCC3C(=Cn3c4c(c5c3CCCC5)CCC=C4)CC([NH3+])N3CC(C=CN)C4CCCCC43)CCCC2)CC1. The Kier molecular flexibility index (Phi) is 12.3. The minimum atomic E-state index is 0.297. The van der Waals surface area contributed by atoms with E-state index in [-0.39, 0.29) is 0 Å². The molecule has 8 aliphatic rings. The van der Waals surface area contributed by atoms with Gasteiger partial charge >= 0.3 is 0 Å². The van der Waals surface area contributed by atoms with Crippen LogP contribution in [-0.2, 0) is 19.3 Å². The molecule has 0 radical (unpaired) electrons. The van der Waals surface area contributed by atoms with E-state index in [1.54, 1.807) is 22.4 Å². The molecule has 7 aliphatic carbocycles. The van der Waals surface area contributed by atoms with Crippen molar-refractivity contribution in [2.24, 2.45) is 53.1 Å². The van der Waals surface area contributed by atoms with Crippen molar-refractivity contribution in [2.75, 3.05) is 6.54 Å². The molecular formula is C51H76N5+. The summed E-state index contributed by atoms with van der Waals surface area (Å²) in [7, 11) is 0. The second kappa shape index (κ2) is 17.7. The quantitative estimate of drug-likeness (QED) is 0.246. The third-order valence-corrected chi connectivity index (χ3v) is 17.3. The Morgan fingerprint density at radius 3 is 2.30 bits per heavy atom. The molecule has 0 bridgehead atoms. The smallest absolute Gasteiger partial charge is 0.144 e. The number of fused-ring (bicyclic) bond motifs is 4. The first-order chi connectivity index (χ1) is 27.6. The maximum Gasteiger partial charge on any atom is 0.144 e. The van der Waals surface area contributed by atoms with Gasteiger partial charge in [-0.1, -0.05) is 61.8 Å². The van der Waals surface area contributed by atoms with E-state index in [1.807, 2.05) is 17.3 Å². The number of likely N-dealkylation sites (tertiary alicyclic amines) is 1. The van der Waals surface area contributed by atoms with Crippen molar-refractivity contribution in [2.45, 2.75) is 186 Å². The molecule has 0 spiro atoms. The van der Waals surface area contributed by atoms with Crippen LogP contribution in [0.1, 0.15) is 177 Å². The number of aromatic nitrogens is 1. The number of rotatable bonds is 9. The average Bonchev–Trinajstić information content (AvgIpc) is 3.79. The highest BCUT2D eigenvalue weighted by Gasteiger charge is 2.46. The maximum absolute atomic E-state index is 9.70. The van der Waals surface area contributed by atoms with Gasteiger partial charge in [-0.05, 0) is 199 Å². The molecule has 8 unspecified atom stereocenters. The standard InChI is InChI=1S/C51H75N5/c52-30-29-37-33-56(48-22-10-7-15-41(37)48)51(54)31-38(34-55-49-23-11-8-20-46(49)47-21-9-12-24-50(47)55)40-14-2-4-17-43(40)45-19-6-5-18-44(45)42-16-3-1-13-39(42)36-27-25-35(32-53)26-28-36/h11,23,29-30,34-37,40-41,43-45,48,51H,1-10,12-22,24-28,31,33,52,54H2/p+1. The van der Waals surface area contributed by atoms with E-state index in [0.717, 1.165) is 55.4 Å². The highest BCUT2D eigenvalue weighted by molar-refractivity contribution is 5.63. The zero-order valence-corrected chi connectivity index (χ0v) is 35.1. The van der Waals surface area contributed by atoms with Crippen LogP contribution in [0.15, 0.2) is 35.1 Å². The van der Waals surface area contributed by atoms with Gasteiger partial charge in [-0.2, -0.15) is 5.26 Å². The van der Waals surface area contributed by atoms with E-state index in [0.29, 0.717) is 30.0 Å². The number of hydrogen-bond acceptors (Lipinski definition) is 3. The summed E-state index contributed by atoms with van der Waals surface area (Å²) in [5.41, 5.74) is 23.4. The molecule has 1 aromatic heterocycles. The predicted molar refractivity (Wildman–Crippen MR) is 231 cm³/mol. The summed E-state index contributed by atoms with van der Waals surface area (Å²) in [6, 6.07) is 3.29. The van der Waals surface area contributed by atoms with Crippen LogP contribution >= 0.6 is 0 Å². The van der Waals surface area contributed by atoms with E-state index < -0.39 is 0 Å². The first-order valence-corrected chi connectivity index (χ1v) is 24.3. The van der Waals surface area contributed by atoms with Gasteiger partial charge in [-0.3, -0.25) is 4.90 Å². The van der Waals surface area contributed by atoms with Crippen LogP contribution in [0.4, 0.5) is 0 Å². The monoisotopic (exact) mass is 759 g/mol. The Labute approximate surface area is 340 Å². The van der Waals surface area contributed by atoms with E-state index in [1.165, 1.54) is 160 Å². The Bertz CT molecular complexity index is 1690. The second-order valence-electron chi connectivity index (χ2n) is 20.2. The topological polar surface area (TPSA) is 85.6 Å². The zero-order chi connectivity index (χ0) is 38.0. The van der Waals surface area contributed by atoms with Gasteiger partial charge in [0.15, 0.2) is 0 Å². The van der Waals surface area contributed by atoms with Gasteiger partial charge in [0.05, 0.1) is 6.07 Å². The summed E-state index contributed by atoms with van der Waals surface area (Å²) in [6.45, 7) is 1.13. The molecule has 5 fully saturated rings. The molecule has 1 saturated heterocycles. The summed E-state index contributed by atoms with van der Waals surface area (Å²) in [5.74, 6) is 5.42. The van der Waals surface area contributed by atoms with Crippen molar-refractivity contribution < 1.29 is 5.73 Å². The van der Waals surface area contributed by atoms with Crippen LogP contribution in [0.5, 0.6) is 0 Å². The second-order valence-corrected chi connectivity index (χ2v) is 20.2. The largest absolute Gasteiger partial charge is 0.405 e. The summed E-state index contributed by atoms with van der Waals surface area (Å²) in [4.78, 5) is 2.88. The van der Waals surface area contributed by atoms with Crippen LogP contribution < -0.4 is 11.5 Å². The Hall–Kier alpha value is -2.55. The molecule has 5 heteroatoms. The fourth-order valence-electron chi connectivity index (χ4n) is 14.8. The fraction of sp³-hybridized carbons (Fsp3) is 0.745. The Morgan fingerprint density at radius 1 is 0.768 bits per heavy atom. The van der Waals surface area contributed by atoms with Crippen LogP contribution in [-0.4, -0.2) is 28.2 Å². The fourth-order valence-corrected chi connectivity index (χ4v) is 14.8. The molecule has 2 heterocycles. The predicted octanol–water partition coefficient (Wildman–Crippen LogP) is 10.9. The number of nitrogens with two attached hydrogens (primary N) is 1. The van der Waals surface area contributed by atoms with Crippen LogP contribution in [0.25, 0.3) is 12.3 Å². The summed E-state index contributed by atoms with van der Waals surface area (Å²) >= 11 is 0. The summed E-state index contributed by atoms with van der Waals surface area (Å²) in [6.07, 6.45) is 47.9. The average molecular weight is 759 g/mol. The number of quaternary nitrogens is 1. The highest BCUT2D eigenvalue weighted by Crippen LogP contribution is 2.53. The van der Waals surface area contributed by atoms with Crippen LogP contribution in [0, 0.1) is 58.7 Å². The van der Waals surface area contributed by atoms with Gasteiger partial charge in [0.25, 0.3) is 0 Å². The van der Waals surface area contributed by atoms with E-state index in [2.05, 4.69) is 40.0 Å². The van der Waals surface area contributed by atoms with Gasteiger partial charge in [0.2, 0.25) is 0 Å². The third-order valence-electron chi connectivity index (χ3n) is 17.3. The minimum absolute atomic E-state index is 0.297. The van der Waals surface area contributed by atoms with E-state index >= 15 is 0 Å². The first-order valence-electron chi connectivity index (χ1n) is 24.3. The van der Waals surface area contributed by atoms with Crippen molar-refractivity contribution in [3.05, 3.63) is 57.6 Å². The molecule has 5 N–H and O–H groups in total. The maximum atomic E-state index is 9.70. The molecule has 1 aromatic rings. The van der Waals surface area contributed by atoms with Crippen molar-refractivity contribution in [1.82, 2.24) is 9.47 Å². The molecule has 9 rings (SSSR count). The number of nitrogens with zero attached hydrogens (tertiary/aromatic N) is 3. The molecule has 0 aromatic carbocycles. The lowest BCUT2D eigenvalue weighted by Crippen LogP contribution is -2.70. The van der Waals surface area contributed by atoms with Crippen molar-refractivity contribution in [3.8, 4) is 6.07 Å². The summed E-state index contributed by atoms with van der Waals surface area (Å²) in [5, 5.41) is 9.70. The lowest BCUT2D eigenvalue weighted by Gasteiger charge is -2.47. The number of nitriles is 1. The number of hydrogen-bond donors (Lipinski definition) is 2. The van der Waals surface area contributed by atoms with Crippen molar-refractivity contribution in [3.63, 3.8) is 0 Å². The molecule has 0 amide bonds. The lowest BCUT2D eigenvalue weighted by molar-refractivity contribution is -0.459. The van der Waals surface area contributed by atoms with Gasteiger partial charge in [0, 0.05) is 42.5 Å². The molecule has 304 valence electrons. The van der Waals surface area contributed by atoms with Gasteiger partial charge in [-0.15, -0.1) is 0 Å². The van der Waals surface area contributed by atoms with Crippen LogP contribution in [0.3, 0.4) is 0 Å². The molecule has 5 nitrogen and oxygen atoms in total.